The van der Waals surface area contributed by atoms with E-state index in [9.17, 15) is 0 Å². The fraction of sp³-hybridized carbons (Fsp3) is 0.643. The number of pyridine rings is 1. The summed E-state index contributed by atoms with van der Waals surface area (Å²) >= 11 is 0. The van der Waals surface area contributed by atoms with Gasteiger partial charge in [0.1, 0.15) is 0 Å². The number of aromatic nitrogens is 1. The van der Waals surface area contributed by atoms with Gasteiger partial charge in [0.25, 0.3) is 0 Å². The first-order valence-corrected chi connectivity index (χ1v) is 6.93. The van der Waals surface area contributed by atoms with Crippen LogP contribution in [-0.4, -0.2) is 43.4 Å². The minimum Gasteiger partial charge on any atom is -0.373 e. The maximum atomic E-state index is 6.13. The maximum absolute atomic E-state index is 6.13. The van der Waals surface area contributed by atoms with Gasteiger partial charge in [-0.25, -0.2) is 0 Å². The summed E-state index contributed by atoms with van der Waals surface area (Å²) < 4.78 is 6.13. The summed E-state index contributed by atoms with van der Waals surface area (Å²) in [5, 5.41) is 3.35. The van der Waals surface area contributed by atoms with Gasteiger partial charge in [0.2, 0.25) is 0 Å². The Kier molecular flexibility index (Phi) is 3.76. The highest BCUT2D eigenvalue weighted by atomic mass is 16.5. The fourth-order valence-electron chi connectivity index (χ4n) is 2.81. The Hall–Kier alpha value is -1.13. The molecule has 4 heteroatoms. The fourth-order valence-corrected chi connectivity index (χ4v) is 2.81. The third-order valence-electron chi connectivity index (χ3n) is 3.85. The smallest absolute Gasteiger partial charge is 0.0715 e. The molecule has 0 aromatic carbocycles. The topological polar surface area (TPSA) is 37.4 Å². The van der Waals surface area contributed by atoms with Crippen LogP contribution >= 0.6 is 0 Å². The van der Waals surface area contributed by atoms with E-state index < -0.39 is 0 Å². The Bertz CT molecular complexity index is 357. The van der Waals surface area contributed by atoms with Crippen molar-refractivity contribution in [2.75, 3.05) is 31.1 Å². The van der Waals surface area contributed by atoms with Crippen LogP contribution in [0, 0.1) is 0 Å². The molecule has 0 radical (unpaired) electrons. The van der Waals surface area contributed by atoms with Gasteiger partial charge in [-0.15, -0.1) is 0 Å². The lowest BCUT2D eigenvalue weighted by Crippen LogP contribution is -2.38. The predicted molar refractivity (Wildman–Crippen MR) is 71.8 cm³/mol. The van der Waals surface area contributed by atoms with Crippen molar-refractivity contribution >= 4 is 5.69 Å². The average Bonchev–Trinajstić information content (AvgIpc) is 2.94. The molecule has 4 nitrogen and oxygen atoms in total. The molecule has 1 atom stereocenters. The van der Waals surface area contributed by atoms with E-state index in [0.29, 0.717) is 12.2 Å². The van der Waals surface area contributed by atoms with Crippen LogP contribution in [0.4, 0.5) is 5.69 Å². The van der Waals surface area contributed by atoms with Crippen LogP contribution in [0.3, 0.4) is 0 Å². The minimum absolute atomic E-state index is 0.444. The summed E-state index contributed by atoms with van der Waals surface area (Å²) in [7, 11) is 0. The summed E-state index contributed by atoms with van der Waals surface area (Å²) in [5.41, 5.74) is 1.23. The number of piperidine rings is 1. The lowest BCUT2D eigenvalue weighted by atomic mass is 10.1. The molecule has 2 fully saturated rings. The average molecular weight is 247 g/mol. The number of nitrogens with zero attached hydrogens (tertiary/aromatic N) is 2. The predicted octanol–water partition coefficient (Wildman–Crippen LogP) is 1.43. The first kappa shape index (κ1) is 11.9. The van der Waals surface area contributed by atoms with Gasteiger partial charge in [0.15, 0.2) is 0 Å². The second-order valence-corrected chi connectivity index (χ2v) is 5.15. The van der Waals surface area contributed by atoms with Crippen LogP contribution in [-0.2, 0) is 4.74 Å². The van der Waals surface area contributed by atoms with E-state index in [1.165, 1.54) is 12.1 Å². The molecular weight excluding hydrogens is 226 g/mol. The van der Waals surface area contributed by atoms with Gasteiger partial charge in [-0.3, -0.25) is 4.98 Å². The molecule has 2 aliphatic heterocycles. The number of rotatable bonds is 3. The molecular formula is C14H21N3O. The summed E-state index contributed by atoms with van der Waals surface area (Å²) in [6.07, 6.45) is 8.09. The second-order valence-electron chi connectivity index (χ2n) is 5.15. The zero-order valence-corrected chi connectivity index (χ0v) is 10.7. The lowest BCUT2D eigenvalue weighted by molar-refractivity contribution is -0.0130. The van der Waals surface area contributed by atoms with Crippen molar-refractivity contribution in [2.45, 2.75) is 31.5 Å². The van der Waals surface area contributed by atoms with Crippen LogP contribution in [0.5, 0.6) is 0 Å². The molecule has 3 heterocycles. The number of ether oxygens (including phenoxy) is 1. The third-order valence-corrected chi connectivity index (χ3v) is 3.85. The molecule has 0 spiro atoms. The minimum atomic E-state index is 0.444. The van der Waals surface area contributed by atoms with Crippen molar-refractivity contribution in [3.63, 3.8) is 0 Å². The molecule has 0 aliphatic carbocycles. The van der Waals surface area contributed by atoms with Crippen molar-refractivity contribution < 1.29 is 4.74 Å². The summed E-state index contributed by atoms with van der Waals surface area (Å²) in [6, 6.07) is 4.14. The van der Waals surface area contributed by atoms with Crippen LogP contribution < -0.4 is 10.2 Å². The number of hydrogen-bond donors (Lipinski definition) is 1. The van der Waals surface area contributed by atoms with Crippen molar-refractivity contribution in [3.8, 4) is 0 Å². The highest BCUT2D eigenvalue weighted by Gasteiger charge is 2.24. The van der Waals surface area contributed by atoms with Crippen LogP contribution in [0.25, 0.3) is 0 Å². The van der Waals surface area contributed by atoms with Crippen molar-refractivity contribution in [2.24, 2.45) is 0 Å². The molecule has 18 heavy (non-hydrogen) atoms. The first-order chi connectivity index (χ1) is 8.92. The molecule has 0 saturated carbocycles. The highest BCUT2D eigenvalue weighted by molar-refractivity contribution is 5.43. The van der Waals surface area contributed by atoms with Crippen LogP contribution in [0.15, 0.2) is 24.5 Å². The molecule has 3 rings (SSSR count). The molecule has 1 N–H and O–H groups in total. The third kappa shape index (κ3) is 2.82. The van der Waals surface area contributed by atoms with Crippen molar-refractivity contribution in [1.29, 1.82) is 0 Å². The van der Waals surface area contributed by atoms with Crippen molar-refractivity contribution in [1.82, 2.24) is 10.3 Å². The number of hydrogen-bond acceptors (Lipinski definition) is 4. The van der Waals surface area contributed by atoms with Gasteiger partial charge in [0.05, 0.1) is 24.1 Å². The first-order valence-electron chi connectivity index (χ1n) is 6.93. The van der Waals surface area contributed by atoms with Gasteiger partial charge in [-0.2, -0.15) is 0 Å². The molecule has 2 saturated heterocycles. The van der Waals surface area contributed by atoms with Crippen LogP contribution in [0.1, 0.15) is 19.3 Å². The van der Waals surface area contributed by atoms with Gasteiger partial charge in [-0.05, 0) is 37.9 Å². The number of anilines is 1. The molecule has 1 aromatic heterocycles. The Morgan fingerprint density at radius 3 is 2.78 bits per heavy atom. The van der Waals surface area contributed by atoms with E-state index in [1.54, 1.807) is 0 Å². The summed E-state index contributed by atoms with van der Waals surface area (Å²) in [6.45, 7) is 4.30. The molecule has 0 amide bonds. The van der Waals surface area contributed by atoms with E-state index in [2.05, 4.69) is 21.3 Å². The van der Waals surface area contributed by atoms with Gasteiger partial charge in [-0.1, -0.05) is 0 Å². The summed E-state index contributed by atoms with van der Waals surface area (Å²) in [5.74, 6) is 0. The molecule has 1 aromatic rings. The van der Waals surface area contributed by atoms with Gasteiger partial charge < -0.3 is 15.0 Å². The zero-order valence-electron chi connectivity index (χ0n) is 10.7. The van der Waals surface area contributed by atoms with Crippen LogP contribution in [0.2, 0.25) is 0 Å². The Balaban J connectivity index is 1.49. The molecule has 1 unspecified atom stereocenters. The van der Waals surface area contributed by atoms with Crippen molar-refractivity contribution in [3.05, 3.63) is 24.5 Å². The zero-order chi connectivity index (χ0) is 12.2. The molecule has 98 valence electrons. The lowest BCUT2D eigenvalue weighted by Gasteiger charge is -2.34. The standard InChI is InChI=1S/C14H21N3O/c1-2-12(10-15-6-1)17-8-4-13(5-9-17)18-14-3-7-16-11-14/h1-2,6,10,13-14,16H,3-5,7-9,11H2. The Morgan fingerprint density at radius 2 is 2.11 bits per heavy atom. The second kappa shape index (κ2) is 5.67. The summed E-state index contributed by atoms with van der Waals surface area (Å²) in [4.78, 5) is 6.58. The highest BCUT2D eigenvalue weighted by Crippen LogP contribution is 2.22. The Labute approximate surface area is 108 Å². The normalized spacial score (nSPS) is 25.6. The monoisotopic (exact) mass is 247 g/mol. The SMILES string of the molecule is c1cncc(N2CCC(OC3CCNC3)CC2)c1. The maximum Gasteiger partial charge on any atom is 0.0715 e. The van der Waals surface area contributed by atoms with E-state index in [4.69, 9.17) is 4.74 Å². The number of nitrogens with one attached hydrogen (secondary N) is 1. The van der Waals surface area contributed by atoms with Gasteiger partial charge >= 0.3 is 0 Å². The van der Waals surface area contributed by atoms with E-state index in [0.717, 1.165) is 39.0 Å². The van der Waals surface area contributed by atoms with E-state index >= 15 is 0 Å². The van der Waals surface area contributed by atoms with E-state index in [1.807, 2.05) is 18.5 Å². The Morgan fingerprint density at radius 1 is 1.22 bits per heavy atom. The quantitative estimate of drug-likeness (QED) is 0.877. The largest absolute Gasteiger partial charge is 0.373 e. The molecule has 2 aliphatic rings. The van der Waals surface area contributed by atoms with Gasteiger partial charge in [0, 0.05) is 25.8 Å². The molecule has 0 bridgehead atoms. The van der Waals surface area contributed by atoms with E-state index in [-0.39, 0.29) is 0 Å².